The second-order valence-corrected chi connectivity index (χ2v) is 6.41. The molecule has 1 saturated carbocycles. The fourth-order valence-corrected chi connectivity index (χ4v) is 3.25. The SMILES string of the molecule is CC1CCCC(C(O)c2ccc(Cl)c(Br)c2)C1. The smallest absolute Gasteiger partial charge is 0.0818 e. The summed E-state index contributed by atoms with van der Waals surface area (Å²) in [7, 11) is 0. The predicted molar refractivity (Wildman–Crippen MR) is 75.2 cm³/mol. The largest absolute Gasteiger partial charge is 0.388 e. The Morgan fingerprint density at radius 1 is 1.41 bits per heavy atom. The first-order valence-electron chi connectivity index (χ1n) is 6.21. The highest BCUT2D eigenvalue weighted by Crippen LogP contribution is 2.38. The Bertz CT molecular complexity index is 394. The van der Waals surface area contributed by atoms with E-state index in [1.807, 2.05) is 18.2 Å². The molecule has 1 aliphatic carbocycles. The van der Waals surface area contributed by atoms with Gasteiger partial charge in [-0.15, -0.1) is 0 Å². The van der Waals surface area contributed by atoms with Gasteiger partial charge in [-0.05, 0) is 58.3 Å². The molecule has 0 amide bonds. The van der Waals surface area contributed by atoms with Crippen molar-refractivity contribution in [3.8, 4) is 0 Å². The van der Waals surface area contributed by atoms with Crippen LogP contribution in [0.25, 0.3) is 0 Å². The highest BCUT2D eigenvalue weighted by Gasteiger charge is 2.26. The second-order valence-electron chi connectivity index (χ2n) is 5.15. The third-order valence-corrected chi connectivity index (χ3v) is 4.92. The third-order valence-electron chi connectivity index (χ3n) is 3.71. The fourth-order valence-electron chi connectivity index (χ4n) is 2.74. The van der Waals surface area contributed by atoms with Crippen LogP contribution in [-0.4, -0.2) is 5.11 Å². The van der Waals surface area contributed by atoms with E-state index in [2.05, 4.69) is 22.9 Å². The molecule has 1 aromatic rings. The molecule has 0 aromatic heterocycles. The van der Waals surface area contributed by atoms with Gasteiger partial charge in [-0.25, -0.2) is 0 Å². The average molecular weight is 318 g/mol. The molecule has 3 unspecified atom stereocenters. The van der Waals surface area contributed by atoms with Crippen molar-refractivity contribution in [1.29, 1.82) is 0 Å². The maximum Gasteiger partial charge on any atom is 0.0818 e. The maximum absolute atomic E-state index is 10.4. The van der Waals surface area contributed by atoms with Crippen LogP contribution < -0.4 is 0 Å². The van der Waals surface area contributed by atoms with Crippen molar-refractivity contribution in [2.45, 2.75) is 38.7 Å². The molecular weight excluding hydrogens is 300 g/mol. The van der Waals surface area contributed by atoms with E-state index >= 15 is 0 Å². The predicted octanol–water partition coefficient (Wildman–Crippen LogP) is 4.96. The first-order valence-corrected chi connectivity index (χ1v) is 7.38. The van der Waals surface area contributed by atoms with Gasteiger partial charge in [-0.3, -0.25) is 0 Å². The molecule has 3 atom stereocenters. The van der Waals surface area contributed by atoms with E-state index in [-0.39, 0.29) is 6.10 Å². The van der Waals surface area contributed by atoms with Crippen LogP contribution in [0.5, 0.6) is 0 Å². The van der Waals surface area contributed by atoms with Crippen LogP contribution in [0.4, 0.5) is 0 Å². The molecule has 1 aromatic carbocycles. The Balaban J connectivity index is 2.12. The van der Waals surface area contributed by atoms with Gasteiger partial charge < -0.3 is 5.11 Å². The van der Waals surface area contributed by atoms with Crippen molar-refractivity contribution in [2.75, 3.05) is 0 Å². The molecule has 0 spiro atoms. The molecule has 1 fully saturated rings. The van der Waals surface area contributed by atoms with Crippen LogP contribution in [0.15, 0.2) is 22.7 Å². The molecule has 17 heavy (non-hydrogen) atoms. The number of aliphatic hydroxyl groups is 1. The highest BCUT2D eigenvalue weighted by molar-refractivity contribution is 9.10. The number of hydrogen-bond donors (Lipinski definition) is 1. The first-order chi connectivity index (χ1) is 8.08. The standard InChI is InChI=1S/C14H18BrClO/c1-9-3-2-4-10(7-9)14(17)11-5-6-13(16)12(15)8-11/h5-6,8-10,14,17H,2-4,7H2,1H3. The fraction of sp³-hybridized carbons (Fsp3) is 0.571. The van der Waals surface area contributed by atoms with Gasteiger partial charge in [0.1, 0.15) is 0 Å². The summed E-state index contributed by atoms with van der Waals surface area (Å²) in [5.74, 6) is 1.13. The van der Waals surface area contributed by atoms with E-state index in [1.54, 1.807) is 0 Å². The summed E-state index contributed by atoms with van der Waals surface area (Å²) in [4.78, 5) is 0. The molecule has 94 valence electrons. The second kappa shape index (κ2) is 5.73. The Morgan fingerprint density at radius 3 is 2.82 bits per heavy atom. The van der Waals surface area contributed by atoms with E-state index < -0.39 is 0 Å². The number of benzene rings is 1. The van der Waals surface area contributed by atoms with Crippen molar-refractivity contribution in [3.63, 3.8) is 0 Å². The lowest BCUT2D eigenvalue weighted by atomic mass is 9.78. The molecule has 1 nitrogen and oxygen atoms in total. The Morgan fingerprint density at radius 2 is 2.18 bits per heavy atom. The number of hydrogen-bond acceptors (Lipinski definition) is 1. The first kappa shape index (κ1) is 13.4. The summed E-state index contributed by atoms with van der Waals surface area (Å²) < 4.78 is 0.861. The molecule has 2 rings (SSSR count). The van der Waals surface area contributed by atoms with Crippen molar-refractivity contribution >= 4 is 27.5 Å². The molecule has 1 N–H and O–H groups in total. The minimum Gasteiger partial charge on any atom is -0.388 e. The number of rotatable bonds is 2. The zero-order valence-corrected chi connectivity index (χ0v) is 12.3. The Labute approximate surface area is 116 Å². The van der Waals surface area contributed by atoms with Crippen molar-refractivity contribution in [1.82, 2.24) is 0 Å². The number of aliphatic hydroxyl groups excluding tert-OH is 1. The van der Waals surface area contributed by atoms with Crippen molar-refractivity contribution < 1.29 is 5.11 Å². The van der Waals surface area contributed by atoms with Gasteiger partial charge >= 0.3 is 0 Å². The van der Waals surface area contributed by atoms with Crippen LogP contribution in [-0.2, 0) is 0 Å². The molecule has 0 saturated heterocycles. The van der Waals surface area contributed by atoms with E-state index in [4.69, 9.17) is 11.6 Å². The molecule has 1 aliphatic rings. The average Bonchev–Trinajstić information content (AvgIpc) is 2.32. The lowest BCUT2D eigenvalue weighted by Gasteiger charge is -2.30. The zero-order valence-electron chi connectivity index (χ0n) is 10.00. The van der Waals surface area contributed by atoms with Gasteiger partial charge in [0.2, 0.25) is 0 Å². The van der Waals surface area contributed by atoms with Gasteiger partial charge in [0.15, 0.2) is 0 Å². The summed E-state index contributed by atoms with van der Waals surface area (Å²) in [6.07, 6.45) is 4.43. The molecular formula is C14H18BrClO. The molecule has 0 radical (unpaired) electrons. The van der Waals surface area contributed by atoms with E-state index in [0.29, 0.717) is 10.9 Å². The summed E-state index contributed by atoms with van der Waals surface area (Å²) >= 11 is 9.37. The highest BCUT2D eigenvalue weighted by atomic mass is 79.9. The minimum absolute atomic E-state index is 0.355. The van der Waals surface area contributed by atoms with Gasteiger partial charge in [0, 0.05) is 4.47 Å². The van der Waals surface area contributed by atoms with E-state index in [9.17, 15) is 5.11 Å². The summed E-state index contributed by atoms with van der Waals surface area (Å²) in [6, 6.07) is 5.71. The van der Waals surface area contributed by atoms with Crippen LogP contribution in [0.3, 0.4) is 0 Å². The summed E-state index contributed by atoms with van der Waals surface area (Å²) in [5, 5.41) is 11.1. The quantitative estimate of drug-likeness (QED) is 0.817. The van der Waals surface area contributed by atoms with Gasteiger partial charge in [-0.1, -0.05) is 37.4 Å². The van der Waals surface area contributed by atoms with Crippen molar-refractivity contribution in [3.05, 3.63) is 33.3 Å². The number of halogens is 2. The molecule has 3 heteroatoms. The molecule has 0 heterocycles. The zero-order chi connectivity index (χ0) is 12.4. The lowest BCUT2D eigenvalue weighted by molar-refractivity contribution is 0.0714. The lowest BCUT2D eigenvalue weighted by Crippen LogP contribution is -2.20. The van der Waals surface area contributed by atoms with Gasteiger partial charge in [-0.2, -0.15) is 0 Å². The Hall–Kier alpha value is -0.0500. The van der Waals surface area contributed by atoms with Crippen LogP contribution in [0.2, 0.25) is 5.02 Å². The molecule has 0 aliphatic heterocycles. The monoisotopic (exact) mass is 316 g/mol. The maximum atomic E-state index is 10.4. The Kier molecular flexibility index (Phi) is 4.51. The van der Waals surface area contributed by atoms with Crippen LogP contribution in [0, 0.1) is 11.8 Å². The topological polar surface area (TPSA) is 20.2 Å². The van der Waals surface area contributed by atoms with Crippen LogP contribution >= 0.6 is 27.5 Å². The van der Waals surface area contributed by atoms with Crippen LogP contribution in [0.1, 0.15) is 44.3 Å². The van der Waals surface area contributed by atoms with Gasteiger partial charge in [0.05, 0.1) is 11.1 Å². The third kappa shape index (κ3) is 3.24. The minimum atomic E-state index is -0.355. The van der Waals surface area contributed by atoms with Gasteiger partial charge in [0.25, 0.3) is 0 Å². The normalized spacial score (nSPS) is 26.8. The summed E-state index contributed by atoms with van der Waals surface area (Å²) in [5.41, 5.74) is 0.973. The van der Waals surface area contributed by atoms with Crippen molar-refractivity contribution in [2.24, 2.45) is 11.8 Å². The molecule has 0 bridgehead atoms. The van der Waals surface area contributed by atoms with E-state index in [0.717, 1.165) is 28.8 Å². The summed E-state index contributed by atoms with van der Waals surface area (Å²) in [6.45, 7) is 2.27. The van der Waals surface area contributed by atoms with E-state index in [1.165, 1.54) is 12.8 Å².